The van der Waals surface area contributed by atoms with Gasteiger partial charge in [0.2, 0.25) is 0 Å². The van der Waals surface area contributed by atoms with E-state index in [-0.39, 0.29) is 5.41 Å². The maximum Gasteiger partial charge on any atom is 0.0628 e. The van der Waals surface area contributed by atoms with Crippen LogP contribution in [0.15, 0.2) is 24.3 Å². The highest BCUT2D eigenvalue weighted by Gasteiger charge is 2.43. The molecule has 0 unspecified atom stereocenters. The first-order valence-corrected chi connectivity index (χ1v) is 5.59. The van der Waals surface area contributed by atoms with Crippen LogP contribution in [0.5, 0.6) is 0 Å². The summed E-state index contributed by atoms with van der Waals surface area (Å²) in [6.07, 6.45) is 3.03. The standard InChI is InChI=1S/C13H17N3/c1-16(10-13(6-7-13)8-9-14)12-4-2-11(15)3-5-12/h2-5H,6-8,10,15H2,1H3. The molecule has 0 amide bonds. The molecule has 1 aliphatic rings. The van der Waals surface area contributed by atoms with Crippen LogP contribution in [0.1, 0.15) is 19.3 Å². The van der Waals surface area contributed by atoms with Crippen molar-refractivity contribution in [2.24, 2.45) is 5.41 Å². The average Bonchev–Trinajstić information content (AvgIpc) is 2.99. The second-order valence-electron chi connectivity index (χ2n) is 4.78. The number of benzene rings is 1. The minimum absolute atomic E-state index is 0.255. The lowest BCUT2D eigenvalue weighted by Gasteiger charge is -2.24. The van der Waals surface area contributed by atoms with Gasteiger partial charge in [-0.25, -0.2) is 0 Å². The van der Waals surface area contributed by atoms with Crippen LogP contribution in [-0.4, -0.2) is 13.6 Å². The van der Waals surface area contributed by atoms with Crippen molar-refractivity contribution in [2.45, 2.75) is 19.3 Å². The summed E-state index contributed by atoms with van der Waals surface area (Å²) in [7, 11) is 2.07. The van der Waals surface area contributed by atoms with E-state index < -0.39 is 0 Å². The lowest BCUT2D eigenvalue weighted by atomic mass is 10.0. The van der Waals surface area contributed by atoms with Crippen LogP contribution in [-0.2, 0) is 0 Å². The number of nitrogens with two attached hydrogens (primary N) is 1. The third-order valence-electron chi connectivity index (χ3n) is 3.32. The fourth-order valence-corrected chi connectivity index (χ4v) is 2.06. The lowest BCUT2D eigenvalue weighted by molar-refractivity contribution is 0.524. The molecule has 2 N–H and O–H groups in total. The van der Waals surface area contributed by atoms with Crippen molar-refractivity contribution in [3.63, 3.8) is 0 Å². The molecule has 3 heteroatoms. The molecule has 0 heterocycles. The maximum absolute atomic E-state index is 8.78. The Morgan fingerprint density at radius 1 is 1.38 bits per heavy atom. The molecule has 1 aliphatic carbocycles. The fourth-order valence-electron chi connectivity index (χ4n) is 2.06. The zero-order chi connectivity index (χ0) is 11.6. The molecule has 0 spiro atoms. The first kappa shape index (κ1) is 10.8. The van der Waals surface area contributed by atoms with E-state index in [0.717, 1.165) is 12.2 Å². The Morgan fingerprint density at radius 3 is 2.50 bits per heavy atom. The second-order valence-corrected chi connectivity index (χ2v) is 4.78. The van der Waals surface area contributed by atoms with Gasteiger partial charge in [-0.05, 0) is 37.1 Å². The van der Waals surface area contributed by atoms with Gasteiger partial charge in [0.1, 0.15) is 0 Å². The SMILES string of the molecule is CN(CC1(CC#N)CC1)c1ccc(N)cc1. The Bertz CT molecular complexity index is 398. The quantitative estimate of drug-likeness (QED) is 0.785. The smallest absolute Gasteiger partial charge is 0.0628 e. The number of hydrogen-bond donors (Lipinski definition) is 1. The Kier molecular flexibility index (Phi) is 2.74. The minimum Gasteiger partial charge on any atom is -0.399 e. The van der Waals surface area contributed by atoms with E-state index in [1.54, 1.807) is 0 Å². The molecule has 0 aromatic heterocycles. The van der Waals surface area contributed by atoms with E-state index in [2.05, 4.69) is 18.0 Å². The topological polar surface area (TPSA) is 53.0 Å². The van der Waals surface area contributed by atoms with Crippen LogP contribution < -0.4 is 10.6 Å². The van der Waals surface area contributed by atoms with Crippen LogP contribution in [0.4, 0.5) is 11.4 Å². The molecule has 0 aliphatic heterocycles. The predicted molar refractivity (Wildman–Crippen MR) is 66.0 cm³/mol. The molecule has 0 radical (unpaired) electrons. The Labute approximate surface area is 96.5 Å². The van der Waals surface area contributed by atoms with Crippen molar-refractivity contribution in [2.75, 3.05) is 24.2 Å². The summed E-state index contributed by atoms with van der Waals surface area (Å²) in [5, 5.41) is 8.78. The number of nitriles is 1. The summed E-state index contributed by atoms with van der Waals surface area (Å²) in [5.74, 6) is 0. The van der Waals surface area contributed by atoms with Crippen molar-refractivity contribution in [3.8, 4) is 6.07 Å². The normalized spacial score (nSPS) is 16.5. The zero-order valence-electron chi connectivity index (χ0n) is 9.61. The molecular weight excluding hydrogens is 198 g/mol. The van der Waals surface area contributed by atoms with E-state index in [4.69, 9.17) is 11.0 Å². The fraction of sp³-hybridized carbons (Fsp3) is 0.462. The van der Waals surface area contributed by atoms with Gasteiger partial charge in [0.25, 0.3) is 0 Å². The Morgan fingerprint density at radius 2 is 2.00 bits per heavy atom. The van der Waals surface area contributed by atoms with E-state index in [1.165, 1.54) is 18.5 Å². The third-order valence-corrected chi connectivity index (χ3v) is 3.32. The second kappa shape index (κ2) is 4.05. The summed E-state index contributed by atoms with van der Waals surface area (Å²) >= 11 is 0. The van der Waals surface area contributed by atoms with Crippen molar-refractivity contribution < 1.29 is 0 Å². The highest BCUT2D eigenvalue weighted by molar-refractivity contribution is 5.52. The third kappa shape index (κ3) is 2.27. The van der Waals surface area contributed by atoms with Gasteiger partial charge in [0.15, 0.2) is 0 Å². The van der Waals surface area contributed by atoms with Crippen LogP contribution in [0, 0.1) is 16.7 Å². The van der Waals surface area contributed by atoms with Gasteiger partial charge >= 0.3 is 0 Å². The highest BCUT2D eigenvalue weighted by Crippen LogP contribution is 2.49. The van der Waals surface area contributed by atoms with Crippen LogP contribution in [0.3, 0.4) is 0 Å². The van der Waals surface area contributed by atoms with Gasteiger partial charge in [0.05, 0.1) is 6.07 Å². The number of nitrogen functional groups attached to an aromatic ring is 1. The van der Waals surface area contributed by atoms with Gasteiger partial charge in [-0.3, -0.25) is 0 Å². The maximum atomic E-state index is 8.78. The molecule has 3 nitrogen and oxygen atoms in total. The molecule has 2 rings (SSSR count). The molecule has 1 aromatic rings. The Hall–Kier alpha value is -1.69. The highest BCUT2D eigenvalue weighted by atomic mass is 15.1. The van der Waals surface area contributed by atoms with E-state index in [9.17, 15) is 0 Å². The molecule has 1 fully saturated rings. The van der Waals surface area contributed by atoms with Crippen LogP contribution in [0.2, 0.25) is 0 Å². The van der Waals surface area contributed by atoms with Crippen molar-refractivity contribution in [1.82, 2.24) is 0 Å². The van der Waals surface area contributed by atoms with Gasteiger partial charge in [-0.2, -0.15) is 5.26 Å². The van der Waals surface area contributed by atoms with Crippen molar-refractivity contribution in [1.29, 1.82) is 5.26 Å². The molecule has 0 saturated heterocycles. The zero-order valence-corrected chi connectivity index (χ0v) is 9.61. The van der Waals surface area contributed by atoms with Gasteiger partial charge < -0.3 is 10.6 Å². The molecule has 16 heavy (non-hydrogen) atoms. The first-order chi connectivity index (χ1) is 7.65. The molecule has 84 valence electrons. The van der Waals surface area contributed by atoms with E-state index in [1.807, 2.05) is 24.3 Å². The van der Waals surface area contributed by atoms with Gasteiger partial charge in [0, 0.05) is 36.8 Å². The van der Waals surface area contributed by atoms with Gasteiger partial charge in [-0.1, -0.05) is 0 Å². The minimum atomic E-state index is 0.255. The lowest BCUT2D eigenvalue weighted by Crippen LogP contribution is -2.26. The van der Waals surface area contributed by atoms with E-state index in [0.29, 0.717) is 6.42 Å². The number of anilines is 2. The number of rotatable bonds is 4. The monoisotopic (exact) mass is 215 g/mol. The first-order valence-electron chi connectivity index (χ1n) is 5.59. The van der Waals surface area contributed by atoms with Gasteiger partial charge in [-0.15, -0.1) is 0 Å². The summed E-state index contributed by atoms with van der Waals surface area (Å²) in [6.45, 7) is 0.963. The largest absolute Gasteiger partial charge is 0.399 e. The molecule has 1 saturated carbocycles. The number of nitrogens with zero attached hydrogens (tertiary/aromatic N) is 2. The Balaban J connectivity index is 2.01. The van der Waals surface area contributed by atoms with Crippen molar-refractivity contribution >= 4 is 11.4 Å². The van der Waals surface area contributed by atoms with Crippen molar-refractivity contribution in [3.05, 3.63) is 24.3 Å². The summed E-state index contributed by atoms with van der Waals surface area (Å²) in [6, 6.07) is 10.2. The molecule has 0 atom stereocenters. The van der Waals surface area contributed by atoms with Crippen LogP contribution >= 0.6 is 0 Å². The predicted octanol–water partition coefficient (Wildman–Crippen LogP) is 2.40. The van der Waals surface area contributed by atoms with Crippen LogP contribution in [0.25, 0.3) is 0 Å². The average molecular weight is 215 g/mol. The molecular formula is C13H17N3. The van der Waals surface area contributed by atoms with E-state index >= 15 is 0 Å². The summed E-state index contributed by atoms with van der Waals surface area (Å²) in [5.41, 5.74) is 7.86. The summed E-state index contributed by atoms with van der Waals surface area (Å²) < 4.78 is 0. The molecule has 0 bridgehead atoms. The molecule has 1 aromatic carbocycles. The summed E-state index contributed by atoms with van der Waals surface area (Å²) in [4.78, 5) is 2.21. The number of hydrogen-bond acceptors (Lipinski definition) is 3.